The summed E-state index contributed by atoms with van der Waals surface area (Å²) in [5.41, 5.74) is 2.24. The highest BCUT2D eigenvalue weighted by Crippen LogP contribution is 2.40. The molecule has 1 unspecified atom stereocenters. The van der Waals surface area contributed by atoms with E-state index in [1.165, 1.54) is 10.5 Å². The Labute approximate surface area is 109 Å². The number of nitrogens with zero attached hydrogens (tertiary/aromatic N) is 1. The molecule has 1 aliphatic rings. The molecule has 0 aliphatic carbocycles. The van der Waals surface area contributed by atoms with Gasteiger partial charge in [-0.05, 0) is 23.8 Å². The predicted molar refractivity (Wildman–Crippen MR) is 72.8 cm³/mol. The zero-order valence-corrected chi connectivity index (χ0v) is 10.6. The molecule has 1 aliphatic heterocycles. The summed E-state index contributed by atoms with van der Waals surface area (Å²) >= 11 is 7.92. The second kappa shape index (κ2) is 4.59. The summed E-state index contributed by atoms with van der Waals surface area (Å²) in [4.78, 5) is 5.43. The van der Waals surface area contributed by atoms with Gasteiger partial charge in [-0.15, -0.1) is 11.8 Å². The molecule has 0 spiro atoms. The van der Waals surface area contributed by atoms with Crippen LogP contribution in [0.15, 0.2) is 47.5 Å². The molecule has 3 rings (SSSR count). The Morgan fingerprint density at radius 2 is 2.12 bits per heavy atom. The molecule has 1 aromatic carbocycles. The summed E-state index contributed by atoms with van der Waals surface area (Å²) in [6.07, 6.45) is 1.70. The van der Waals surface area contributed by atoms with Crippen LogP contribution in [0.3, 0.4) is 0 Å². The Kier molecular flexibility index (Phi) is 2.95. The van der Waals surface area contributed by atoms with Crippen LogP contribution in [0, 0.1) is 0 Å². The number of aromatic nitrogens is 1. The predicted octanol–water partition coefficient (Wildman–Crippen LogP) is 3.99. The standard InChI is InChI=1S/C13H11ClN2S/c14-13-10(5-3-7-15-13)16-11-8-17-12-6-2-1-4-9(11)12/h1-7,11,16H,8H2. The summed E-state index contributed by atoms with van der Waals surface area (Å²) < 4.78 is 0. The SMILES string of the molecule is Clc1ncccc1NC1CSc2ccccc21. The first-order valence-corrected chi connectivity index (χ1v) is 6.80. The first-order valence-electron chi connectivity index (χ1n) is 5.43. The number of fused-ring (bicyclic) bond motifs is 1. The third-order valence-electron chi connectivity index (χ3n) is 2.79. The highest BCUT2D eigenvalue weighted by atomic mass is 35.5. The molecule has 2 heterocycles. The summed E-state index contributed by atoms with van der Waals surface area (Å²) in [5, 5.41) is 3.98. The normalized spacial score (nSPS) is 17.8. The van der Waals surface area contributed by atoms with E-state index in [4.69, 9.17) is 11.6 Å². The van der Waals surface area contributed by atoms with Crippen LogP contribution in [0.25, 0.3) is 0 Å². The van der Waals surface area contributed by atoms with Crippen LogP contribution in [0.4, 0.5) is 5.69 Å². The van der Waals surface area contributed by atoms with Crippen LogP contribution in [0.5, 0.6) is 0 Å². The number of hydrogen-bond donors (Lipinski definition) is 1. The number of hydrogen-bond acceptors (Lipinski definition) is 3. The number of pyridine rings is 1. The van der Waals surface area contributed by atoms with E-state index < -0.39 is 0 Å². The minimum atomic E-state index is 0.317. The first kappa shape index (κ1) is 10.9. The Hall–Kier alpha value is -1.19. The van der Waals surface area contributed by atoms with E-state index >= 15 is 0 Å². The van der Waals surface area contributed by atoms with E-state index in [1.54, 1.807) is 6.20 Å². The maximum absolute atomic E-state index is 6.05. The molecule has 0 amide bonds. The van der Waals surface area contributed by atoms with Gasteiger partial charge in [0.05, 0.1) is 11.7 Å². The summed E-state index contributed by atoms with van der Waals surface area (Å²) in [6.45, 7) is 0. The van der Waals surface area contributed by atoms with Crippen LogP contribution in [0.1, 0.15) is 11.6 Å². The van der Waals surface area contributed by atoms with Crippen molar-refractivity contribution in [3.05, 3.63) is 53.3 Å². The van der Waals surface area contributed by atoms with Crippen molar-refractivity contribution in [3.63, 3.8) is 0 Å². The van der Waals surface area contributed by atoms with Crippen molar-refractivity contribution in [2.45, 2.75) is 10.9 Å². The molecular weight excluding hydrogens is 252 g/mol. The largest absolute Gasteiger partial charge is 0.375 e. The summed E-state index contributed by atoms with van der Waals surface area (Å²) in [5.74, 6) is 1.03. The van der Waals surface area contributed by atoms with E-state index in [-0.39, 0.29) is 0 Å². The van der Waals surface area contributed by atoms with Gasteiger partial charge >= 0.3 is 0 Å². The van der Waals surface area contributed by atoms with Gasteiger partial charge in [-0.3, -0.25) is 0 Å². The van der Waals surface area contributed by atoms with Crippen molar-refractivity contribution in [1.82, 2.24) is 4.98 Å². The number of nitrogens with one attached hydrogen (secondary N) is 1. The number of rotatable bonds is 2. The fraction of sp³-hybridized carbons (Fsp3) is 0.154. The van der Waals surface area contributed by atoms with E-state index in [0.29, 0.717) is 11.2 Å². The van der Waals surface area contributed by atoms with Crippen LogP contribution in [-0.4, -0.2) is 10.7 Å². The van der Waals surface area contributed by atoms with E-state index in [0.717, 1.165) is 11.4 Å². The Balaban J connectivity index is 1.87. The van der Waals surface area contributed by atoms with Crippen LogP contribution < -0.4 is 5.32 Å². The van der Waals surface area contributed by atoms with E-state index in [1.807, 2.05) is 23.9 Å². The molecule has 1 atom stereocenters. The molecule has 0 saturated heterocycles. The molecular formula is C13H11ClN2S. The second-order valence-corrected chi connectivity index (χ2v) is 5.31. The number of thioether (sulfide) groups is 1. The van der Waals surface area contributed by atoms with Crippen molar-refractivity contribution in [1.29, 1.82) is 0 Å². The van der Waals surface area contributed by atoms with E-state index in [9.17, 15) is 0 Å². The monoisotopic (exact) mass is 262 g/mol. The third-order valence-corrected chi connectivity index (χ3v) is 4.27. The van der Waals surface area contributed by atoms with E-state index in [2.05, 4.69) is 34.6 Å². The average molecular weight is 263 g/mol. The second-order valence-electron chi connectivity index (χ2n) is 3.89. The molecule has 0 bridgehead atoms. The van der Waals surface area contributed by atoms with Gasteiger partial charge in [0.15, 0.2) is 5.15 Å². The lowest BCUT2D eigenvalue weighted by Crippen LogP contribution is -2.10. The number of halogens is 1. The minimum Gasteiger partial charge on any atom is -0.375 e. The molecule has 0 saturated carbocycles. The molecule has 4 heteroatoms. The number of anilines is 1. The van der Waals surface area contributed by atoms with Gasteiger partial charge in [0, 0.05) is 16.8 Å². The van der Waals surface area contributed by atoms with Crippen molar-refractivity contribution < 1.29 is 0 Å². The number of benzene rings is 1. The molecule has 0 radical (unpaired) electrons. The van der Waals surface area contributed by atoms with Crippen molar-refractivity contribution in [3.8, 4) is 0 Å². The lowest BCUT2D eigenvalue weighted by atomic mass is 10.1. The lowest BCUT2D eigenvalue weighted by molar-refractivity contribution is 0.898. The minimum absolute atomic E-state index is 0.317. The maximum atomic E-state index is 6.05. The van der Waals surface area contributed by atoms with Crippen LogP contribution in [-0.2, 0) is 0 Å². The van der Waals surface area contributed by atoms with Crippen molar-refractivity contribution in [2.75, 3.05) is 11.1 Å². The molecule has 1 aromatic heterocycles. The van der Waals surface area contributed by atoms with Crippen LogP contribution >= 0.6 is 23.4 Å². The smallest absolute Gasteiger partial charge is 0.152 e. The Morgan fingerprint density at radius 1 is 1.24 bits per heavy atom. The van der Waals surface area contributed by atoms with Crippen molar-refractivity contribution >= 4 is 29.1 Å². The Morgan fingerprint density at radius 3 is 3.00 bits per heavy atom. The van der Waals surface area contributed by atoms with Gasteiger partial charge in [-0.25, -0.2) is 4.98 Å². The van der Waals surface area contributed by atoms with Gasteiger partial charge in [0.2, 0.25) is 0 Å². The van der Waals surface area contributed by atoms with Gasteiger partial charge < -0.3 is 5.32 Å². The maximum Gasteiger partial charge on any atom is 0.152 e. The molecule has 2 aromatic rings. The molecule has 17 heavy (non-hydrogen) atoms. The van der Waals surface area contributed by atoms with Crippen LogP contribution in [0.2, 0.25) is 5.15 Å². The summed E-state index contributed by atoms with van der Waals surface area (Å²) in [6, 6.07) is 12.6. The van der Waals surface area contributed by atoms with Gasteiger partial charge in [-0.1, -0.05) is 29.8 Å². The van der Waals surface area contributed by atoms with Gasteiger partial charge in [0.1, 0.15) is 0 Å². The molecule has 86 valence electrons. The zero-order valence-electron chi connectivity index (χ0n) is 9.06. The fourth-order valence-electron chi connectivity index (χ4n) is 1.96. The molecule has 1 N–H and O–H groups in total. The van der Waals surface area contributed by atoms with Gasteiger partial charge in [0.25, 0.3) is 0 Å². The third kappa shape index (κ3) is 2.13. The lowest BCUT2D eigenvalue weighted by Gasteiger charge is -2.15. The average Bonchev–Trinajstić information content (AvgIpc) is 2.76. The highest BCUT2D eigenvalue weighted by molar-refractivity contribution is 7.99. The fourth-order valence-corrected chi connectivity index (χ4v) is 3.30. The topological polar surface area (TPSA) is 24.9 Å². The van der Waals surface area contributed by atoms with Gasteiger partial charge in [-0.2, -0.15) is 0 Å². The quantitative estimate of drug-likeness (QED) is 0.829. The molecule has 0 fully saturated rings. The molecule has 2 nitrogen and oxygen atoms in total. The highest BCUT2D eigenvalue weighted by Gasteiger charge is 2.22. The summed E-state index contributed by atoms with van der Waals surface area (Å²) in [7, 11) is 0. The van der Waals surface area contributed by atoms with Crippen molar-refractivity contribution in [2.24, 2.45) is 0 Å². The first-order chi connectivity index (χ1) is 8.34. The zero-order chi connectivity index (χ0) is 11.7. The Bertz CT molecular complexity index is 544.